The molecule has 0 unspecified atom stereocenters. The van der Waals surface area contributed by atoms with Gasteiger partial charge in [-0.3, -0.25) is 4.79 Å². The maximum Gasteiger partial charge on any atom is 0.256 e. The minimum atomic E-state index is -0.303. The Morgan fingerprint density at radius 3 is 2.75 bits per heavy atom. The molecule has 0 saturated heterocycles. The lowest BCUT2D eigenvalue weighted by molar-refractivity contribution is -0.110. The van der Waals surface area contributed by atoms with Crippen LogP contribution in [-0.4, -0.2) is 22.6 Å². The molecular formula is C27H27FN2O2. The van der Waals surface area contributed by atoms with Crippen molar-refractivity contribution in [2.75, 3.05) is 11.9 Å². The second kappa shape index (κ2) is 8.75. The number of amides is 1. The summed E-state index contributed by atoms with van der Waals surface area (Å²) >= 11 is 0. The predicted molar refractivity (Wildman–Crippen MR) is 126 cm³/mol. The van der Waals surface area contributed by atoms with Crippen molar-refractivity contribution in [1.29, 1.82) is 0 Å². The molecule has 0 bridgehead atoms. The van der Waals surface area contributed by atoms with Crippen molar-refractivity contribution in [1.82, 2.24) is 4.98 Å². The molecule has 0 atom stereocenters. The summed E-state index contributed by atoms with van der Waals surface area (Å²) < 4.78 is 13.9. The Bertz CT molecular complexity index is 1210. The van der Waals surface area contributed by atoms with Crippen LogP contribution < -0.4 is 5.32 Å². The third-order valence-corrected chi connectivity index (χ3v) is 6.53. The number of halogens is 1. The number of fused-ring (bicyclic) bond motifs is 2. The van der Waals surface area contributed by atoms with Crippen LogP contribution in [-0.2, 0) is 24.1 Å². The van der Waals surface area contributed by atoms with Gasteiger partial charge in [-0.2, -0.15) is 0 Å². The smallest absolute Gasteiger partial charge is 0.256 e. The van der Waals surface area contributed by atoms with Crippen LogP contribution in [0.5, 0.6) is 0 Å². The summed E-state index contributed by atoms with van der Waals surface area (Å²) in [6.45, 7) is 0.142. The van der Waals surface area contributed by atoms with Gasteiger partial charge in [-0.15, -0.1) is 0 Å². The number of aliphatic hydroxyl groups excluding tert-OH is 1. The number of rotatable bonds is 5. The Morgan fingerprint density at radius 2 is 1.91 bits per heavy atom. The number of H-pyrrole nitrogens is 1. The Kier molecular flexibility index (Phi) is 5.66. The summed E-state index contributed by atoms with van der Waals surface area (Å²) in [4.78, 5) is 16.6. The highest BCUT2D eigenvalue weighted by atomic mass is 19.1. The minimum Gasteiger partial charge on any atom is -0.396 e. The fourth-order valence-corrected chi connectivity index (χ4v) is 5.05. The van der Waals surface area contributed by atoms with Crippen molar-refractivity contribution < 1.29 is 14.3 Å². The number of hydrogen-bond acceptors (Lipinski definition) is 2. The van der Waals surface area contributed by atoms with Gasteiger partial charge >= 0.3 is 0 Å². The van der Waals surface area contributed by atoms with Gasteiger partial charge in [-0.25, -0.2) is 4.39 Å². The van der Waals surface area contributed by atoms with E-state index in [-0.39, 0.29) is 18.3 Å². The molecule has 3 N–H and O–H groups in total. The Hall–Kier alpha value is -3.18. The zero-order valence-electron chi connectivity index (χ0n) is 18.0. The molecule has 32 heavy (non-hydrogen) atoms. The number of aromatic nitrogens is 1. The van der Waals surface area contributed by atoms with Gasteiger partial charge in [0, 0.05) is 29.2 Å². The van der Waals surface area contributed by atoms with Gasteiger partial charge in [0.2, 0.25) is 0 Å². The molecule has 5 heteroatoms. The van der Waals surface area contributed by atoms with Gasteiger partial charge in [0.05, 0.1) is 5.57 Å². The molecule has 0 radical (unpaired) electrons. The van der Waals surface area contributed by atoms with Crippen molar-refractivity contribution >= 4 is 23.2 Å². The number of carbonyl (C=O) groups excluding carboxylic acids is 1. The molecule has 4 nitrogen and oxygen atoms in total. The van der Waals surface area contributed by atoms with Crippen LogP contribution in [0.15, 0.2) is 42.5 Å². The van der Waals surface area contributed by atoms with Crippen LogP contribution in [0.3, 0.4) is 0 Å². The fraction of sp³-hybridized carbons (Fsp3) is 0.296. The van der Waals surface area contributed by atoms with Crippen LogP contribution in [0.1, 0.15) is 53.8 Å². The molecule has 2 aliphatic rings. The molecule has 1 aromatic heterocycles. The topological polar surface area (TPSA) is 65.1 Å². The van der Waals surface area contributed by atoms with Crippen LogP contribution in [0, 0.1) is 5.82 Å². The average Bonchev–Trinajstić information content (AvgIpc) is 3.17. The SMILES string of the molecule is O=C1Nc2cccc(-c3cccc(F)c3)c2/C1=C/c1[nH]c2c(c1CCCO)CCCCC2. The van der Waals surface area contributed by atoms with E-state index < -0.39 is 0 Å². The van der Waals surface area contributed by atoms with Gasteiger partial charge in [0.15, 0.2) is 0 Å². The minimum absolute atomic E-state index is 0.142. The van der Waals surface area contributed by atoms with Crippen molar-refractivity contribution in [3.63, 3.8) is 0 Å². The Balaban J connectivity index is 1.65. The van der Waals surface area contributed by atoms with E-state index in [9.17, 15) is 14.3 Å². The lowest BCUT2D eigenvalue weighted by Crippen LogP contribution is -2.04. The van der Waals surface area contributed by atoms with E-state index in [1.165, 1.54) is 41.8 Å². The number of hydrogen-bond donors (Lipinski definition) is 3. The second-order valence-electron chi connectivity index (χ2n) is 8.61. The average molecular weight is 431 g/mol. The van der Waals surface area contributed by atoms with Crippen molar-refractivity contribution in [2.24, 2.45) is 0 Å². The fourth-order valence-electron chi connectivity index (χ4n) is 5.05. The van der Waals surface area contributed by atoms with E-state index in [4.69, 9.17) is 0 Å². The summed E-state index contributed by atoms with van der Waals surface area (Å²) in [6.07, 6.45) is 9.03. The molecule has 2 aromatic carbocycles. The Morgan fingerprint density at radius 1 is 1.06 bits per heavy atom. The van der Waals surface area contributed by atoms with Crippen molar-refractivity contribution in [3.8, 4) is 11.1 Å². The van der Waals surface area contributed by atoms with Gasteiger partial charge in [0.25, 0.3) is 5.91 Å². The van der Waals surface area contributed by atoms with Crippen molar-refractivity contribution in [3.05, 3.63) is 76.4 Å². The molecule has 1 aliphatic carbocycles. The number of aromatic amines is 1. The first kappa shape index (κ1) is 20.7. The maximum atomic E-state index is 13.9. The van der Waals surface area contributed by atoms with Crippen LogP contribution in [0.4, 0.5) is 10.1 Å². The predicted octanol–water partition coefficient (Wildman–Crippen LogP) is 5.51. The van der Waals surface area contributed by atoms with Gasteiger partial charge in [-0.1, -0.05) is 30.7 Å². The largest absolute Gasteiger partial charge is 0.396 e. The summed E-state index contributed by atoms with van der Waals surface area (Å²) in [5, 5.41) is 12.4. The molecule has 2 heterocycles. The van der Waals surface area contributed by atoms with Crippen LogP contribution in [0.2, 0.25) is 0 Å². The zero-order valence-corrected chi connectivity index (χ0v) is 18.0. The van der Waals surface area contributed by atoms with Gasteiger partial charge < -0.3 is 15.4 Å². The Labute approximate surface area is 187 Å². The van der Waals surface area contributed by atoms with Crippen LogP contribution in [0.25, 0.3) is 22.8 Å². The first-order chi connectivity index (χ1) is 15.7. The number of carbonyl (C=O) groups is 1. The monoisotopic (exact) mass is 430 g/mol. The third-order valence-electron chi connectivity index (χ3n) is 6.53. The second-order valence-corrected chi connectivity index (χ2v) is 8.61. The van der Waals surface area contributed by atoms with Crippen LogP contribution >= 0.6 is 0 Å². The number of nitrogens with one attached hydrogen (secondary N) is 2. The van der Waals surface area contributed by atoms with E-state index in [1.54, 1.807) is 6.07 Å². The highest BCUT2D eigenvalue weighted by molar-refractivity contribution is 6.36. The molecule has 0 saturated carbocycles. The first-order valence-corrected chi connectivity index (χ1v) is 11.4. The molecule has 1 amide bonds. The summed E-state index contributed by atoms with van der Waals surface area (Å²) in [5.74, 6) is -0.455. The third kappa shape index (κ3) is 3.78. The highest BCUT2D eigenvalue weighted by Gasteiger charge is 2.28. The zero-order chi connectivity index (χ0) is 22.1. The lowest BCUT2D eigenvalue weighted by atomic mass is 9.93. The van der Waals surface area contributed by atoms with E-state index >= 15 is 0 Å². The van der Waals surface area contributed by atoms with E-state index in [2.05, 4.69) is 10.3 Å². The number of benzene rings is 2. The summed E-state index contributed by atoms with van der Waals surface area (Å²) in [7, 11) is 0. The van der Waals surface area contributed by atoms with E-state index in [1.807, 2.05) is 30.3 Å². The quantitative estimate of drug-likeness (QED) is 0.369. The molecule has 5 rings (SSSR count). The molecule has 0 spiro atoms. The molecule has 1 aliphatic heterocycles. The molecule has 164 valence electrons. The van der Waals surface area contributed by atoms with E-state index in [0.29, 0.717) is 12.0 Å². The standard InChI is InChI=1S/C27H27FN2O2/c28-18-8-4-7-17(15-18)19-10-5-13-24-26(19)22(27(32)30-24)16-25-21(11-6-14-31)20-9-2-1-3-12-23(20)29-25/h4-5,7-8,10,13,15-16,29,31H,1-3,6,9,11-12,14H2,(H,30,32)/b22-16-. The van der Waals surface area contributed by atoms with Gasteiger partial charge in [0.1, 0.15) is 5.82 Å². The normalized spacial score (nSPS) is 16.6. The number of aryl methyl sites for hydroxylation is 1. The highest BCUT2D eigenvalue weighted by Crippen LogP contribution is 2.41. The lowest BCUT2D eigenvalue weighted by Gasteiger charge is -2.09. The molecule has 0 fully saturated rings. The number of aliphatic hydroxyl groups is 1. The molecular weight excluding hydrogens is 403 g/mol. The summed E-state index contributed by atoms with van der Waals surface area (Å²) in [5.41, 5.74) is 8.50. The number of anilines is 1. The maximum absolute atomic E-state index is 13.9. The van der Waals surface area contributed by atoms with E-state index in [0.717, 1.165) is 53.8 Å². The molecule has 3 aromatic rings. The van der Waals surface area contributed by atoms with Gasteiger partial charge in [-0.05, 0) is 85.1 Å². The summed E-state index contributed by atoms with van der Waals surface area (Å²) in [6, 6.07) is 12.2. The first-order valence-electron chi connectivity index (χ1n) is 11.4. The van der Waals surface area contributed by atoms with Crippen molar-refractivity contribution in [2.45, 2.75) is 44.9 Å².